The quantitative estimate of drug-likeness (QED) is 0.473. The number of hydrogen-bond acceptors (Lipinski definition) is 5. The molecule has 2 N–H and O–H groups in total. The largest absolute Gasteiger partial charge is 0.360 e. The molecule has 1 saturated heterocycles. The van der Waals surface area contributed by atoms with E-state index in [0.717, 1.165) is 32.8 Å². The number of aromatic nitrogens is 3. The van der Waals surface area contributed by atoms with Gasteiger partial charge in [0.05, 0.1) is 17.3 Å². The Kier molecular flexibility index (Phi) is 5.12. The average molecular weight is 441 g/mol. The number of aromatic amines is 1. The minimum absolute atomic E-state index is 0.202. The van der Waals surface area contributed by atoms with E-state index in [2.05, 4.69) is 20.3 Å². The van der Waals surface area contributed by atoms with E-state index < -0.39 is 11.9 Å². The monoisotopic (exact) mass is 441 g/mol. The molecule has 166 valence electrons. The van der Waals surface area contributed by atoms with Crippen molar-refractivity contribution < 1.29 is 14.4 Å². The van der Waals surface area contributed by atoms with Crippen molar-refractivity contribution in [1.82, 2.24) is 20.3 Å². The van der Waals surface area contributed by atoms with Crippen molar-refractivity contribution in [1.29, 1.82) is 0 Å². The standard InChI is InChI=1S/C23H17N5O3.C2H6/c29-19-5-4-18(22(30)27-19)28-21-20-15(2-1-3-16(20)23(28)31)13(10-26-21)8-12-9-25-17-11-24-7-6-14(12)17;1-2/h1-3,6-7,9-11,18,25H,4-5,8H2,(H,27,29,30);1-2H3. The predicted octanol–water partition coefficient (Wildman–Crippen LogP) is 3.49. The van der Waals surface area contributed by atoms with Crippen molar-refractivity contribution in [2.45, 2.75) is 39.2 Å². The van der Waals surface area contributed by atoms with Crippen LogP contribution in [-0.4, -0.2) is 38.7 Å². The topological polar surface area (TPSA) is 108 Å². The second kappa shape index (κ2) is 8.12. The molecule has 1 unspecified atom stereocenters. The predicted molar refractivity (Wildman–Crippen MR) is 125 cm³/mol. The van der Waals surface area contributed by atoms with Gasteiger partial charge in [0, 0.05) is 42.2 Å². The average Bonchev–Trinajstić information content (AvgIpc) is 3.37. The number of pyridine rings is 2. The van der Waals surface area contributed by atoms with E-state index >= 15 is 0 Å². The van der Waals surface area contributed by atoms with Crippen molar-refractivity contribution >= 4 is 45.2 Å². The Balaban J connectivity index is 0.00000111. The number of nitrogens with zero attached hydrogens (tertiary/aromatic N) is 3. The SMILES string of the molecule is CC.O=C1CCC(N2C(=O)c3cccc4c(Cc5c[nH]c6cnccc56)cnc2c34)C(=O)N1. The maximum absolute atomic E-state index is 13.2. The number of rotatable bonds is 3. The highest BCUT2D eigenvalue weighted by Gasteiger charge is 2.41. The lowest BCUT2D eigenvalue weighted by Crippen LogP contribution is -2.53. The van der Waals surface area contributed by atoms with E-state index in [0.29, 0.717) is 24.2 Å². The van der Waals surface area contributed by atoms with E-state index in [1.807, 2.05) is 38.2 Å². The van der Waals surface area contributed by atoms with Crippen molar-refractivity contribution in [2.75, 3.05) is 4.90 Å². The normalized spacial score (nSPS) is 17.3. The Morgan fingerprint density at radius 1 is 1.06 bits per heavy atom. The molecule has 0 bridgehead atoms. The fourth-order valence-electron chi connectivity index (χ4n) is 4.66. The summed E-state index contributed by atoms with van der Waals surface area (Å²) >= 11 is 0. The molecule has 4 aromatic rings. The second-order valence-corrected chi connectivity index (χ2v) is 7.89. The molecule has 0 spiro atoms. The summed E-state index contributed by atoms with van der Waals surface area (Å²) in [6.45, 7) is 4.00. The van der Waals surface area contributed by atoms with Gasteiger partial charge in [-0.1, -0.05) is 26.0 Å². The summed E-state index contributed by atoms with van der Waals surface area (Å²) in [5.74, 6) is -0.536. The van der Waals surface area contributed by atoms with Gasteiger partial charge in [0.25, 0.3) is 5.91 Å². The van der Waals surface area contributed by atoms with Gasteiger partial charge >= 0.3 is 0 Å². The van der Waals surface area contributed by atoms with Crippen molar-refractivity contribution in [3.8, 4) is 0 Å². The summed E-state index contributed by atoms with van der Waals surface area (Å²) in [6.07, 6.45) is 8.44. The number of imide groups is 1. The first-order chi connectivity index (χ1) is 16.1. The molecule has 8 heteroatoms. The molecule has 1 atom stereocenters. The molecule has 0 aliphatic carbocycles. The number of carbonyl (C=O) groups is 3. The number of carbonyl (C=O) groups excluding carboxylic acids is 3. The molecule has 2 aliphatic heterocycles. The highest BCUT2D eigenvalue weighted by molar-refractivity contribution is 6.26. The third-order valence-electron chi connectivity index (χ3n) is 6.13. The maximum Gasteiger partial charge on any atom is 0.260 e. The minimum Gasteiger partial charge on any atom is -0.360 e. The Morgan fingerprint density at radius 2 is 1.91 bits per heavy atom. The molecule has 1 aromatic carbocycles. The lowest BCUT2D eigenvalue weighted by Gasteiger charge is -2.29. The second-order valence-electron chi connectivity index (χ2n) is 7.89. The van der Waals surface area contributed by atoms with Gasteiger partial charge in [-0.2, -0.15) is 0 Å². The first-order valence-electron chi connectivity index (χ1n) is 11.1. The van der Waals surface area contributed by atoms with Crippen LogP contribution < -0.4 is 10.2 Å². The van der Waals surface area contributed by atoms with Gasteiger partial charge < -0.3 is 4.98 Å². The molecule has 0 radical (unpaired) electrons. The highest BCUT2D eigenvalue weighted by Crippen LogP contribution is 2.40. The van der Waals surface area contributed by atoms with Gasteiger partial charge in [-0.3, -0.25) is 29.6 Å². The van der Waals surface area contributed by atoms with E-state index in [1.165, 1.54) is 4.90 Å². The Hall–Kier alpha value is -4.07. The molecule has 3 amide bonds. The maximum atomic E-state index is 13.2. The van der Waals surface area contributed by atoms with Crippen LogP contribution in [0.1, 0.15) is 48.2 Å². The number of benzene rings is 1. The zero-order valence-electron chi connectivity index (χ0n) is 18.4. The first kappa shape index (κ1) is 20.8. The molecular formula is C25H23N5O3. The molecular weight excluding hydrogens is 418 g/mol. The highest BCUT2D eigenvalue weighted by atomic mass is 16.2. The number of anilines is 1. The zero-order valence-corrected chi connectivity index (χ0v) is 18.4. The van der Waals surface area contributed by atoms with E-state index in [1.54, 1.807) is 24.7 Å². The van der Waals surface area contributed by atoms with Crippen molar-refractivity contribution in [3.05, 3.63) is 65.7 Å². The minimum atomic E-state index is -0.736. The Morgan fingerprint density at radius 3 is 2.73 bits per heavy atom. The fourth-order valence-corrected chi connectivity index (χ4v) is 4.66. The van der Waals surface area contributed by atoms with Crippen LogP contribution in [0.3, 0.4) is 0 Å². The van der Waals surface area contributed by atoms with Gasteiger partial charge in [-0.15, -0.1) is 0 Å². The molecule has 1 fully saturated rings. The first-order valence-corrected chi connectivity index (χ1v) is 11.1. The molecule has 3 aromatic heterocycles. The number of piperidine rings is 1. The third-order valence-corrected chi connectivity index (χ3v) is 6.13. The van der Waals surface area contributed by atoms with E-state index in [4.69, 9.17) is 0 Å². The summed E-state index contributed by atoms with van der Waals surface area (Å²) in [5, 5.41) is 5.13. The lowest BCUT2D eigenvalue weighted by atomic mass is 9.99. The number of H-pyrrole nitrogens is 1. The summed E-state index contributed by atoms with van der Waals surface area (Å²) < 4.78 is 0. The molecule has 33 heavy (non-hydrogen) atoms. The van der Waals surface area contributed by atoms with Crippen LogP contribution in [-0.2, 0) is 16.0 Å². The van der Waals surface area contributed by atoms with Gasteiger partial charge in [0.1, 0.15) is 11.9 Å². The van der Waals surface area contributed by atoms with Gasteiger partial charge in [-0.25, -0.2) is 4.98 Å². The molecule has 5 heterocycles. The molecule has 2 aliphatic rings. The van der Waals surface area contributed by atoms with E-state index in [-0.39, 0.29) is 18.2 Å². The van der Waals surface area contributed by atoms with E-state index in [9.17, 15) is 14.4 Å². The summed E-state index contributed by atoms with van der Waals surface area (Å²) in [7, 11) is 0. The van der Waals surface area contributed by atoms with Gasteiger partial charge in [-0.05, 0) is 35.1 Å². The Labute approximate surface area is 190 Å². The van der Waals surface area contributed by atoms with Crippen molar-refractivity contribution in [2.24, 2.45) is 0 Å². The molecule has 6 rings (SSSR count). The zero-order chi connectivity index (χ0) is 23.1. The number of amides is 3. The smallest absolute Gasteiger partial charge is 0.260 e. The number of nitrogens with one attached hydrogen (secondary N) is 2. The van der Waals surface area contributed by atoms with Gasteiger partial charge in [0.2, 0.25) is 11.8 Å². The summed E-state index contributed by atoms with van der Waals surface area (Å²) in [4.78, 5) is 50.7. The van der Waals surface area contributed by atoms with Crippen LogP contribution in [0.5, 0.6) is 0 Å². The number of fused-ring (bicyclic) bond motifs is 1. The fraction of sp³-hybridized carbons (Fsp3) is 0.240. The summed E-state index contributed by atoms with van der Waals surface area (Å²) in [6, 6.07) is 6.85. The van der Waals surface area contributed by atoms with Crippen molar-refractivity contribution in [3.63, 3.8) is 0 Å². The third kappa shape index (κ3) is 3.26. The van der Waals surface area contributed by atoms with Crippen LogP contribution in [0.25, 0.3) is 21.7 Å². The van der Waals surface area contributed by atoms with Crippen LogP contribution in [0.4, 0.5) is 5.82 Å². The number of hydrogen-bond donors (Lipinski definition) is 2. The van der Waals surface area contributed by atoms with Crippen LogP contribution >= 0.6 is 0 Å². The Bertz CT molecular complexity index is 1420. The van der Waals surface area contributed by atoms with Crippen LogP contribution in [0.2, 0.25) is 0 Å². The van der Waals surface area contributed by atoms with Gasteiger partial charge in [0.15, 0.2) is 0 Å². The molecule has 0 saturated carbocycles. The van der Waals surface area contributed by atoms with Crippen LogP contribution in [0.15, 0.2) is 49.1 Å². The lowest BCUT2D eigenvalue weighted by molar-refractivity contribution is -0.134. The van der Waals surface area contributed by atoms with Crippen LogP contribution in [0, 0.1) is 0 Å². The molecule has 8 nitrogen and oxygen atoms in total. The summed E-state index contributed by atoms with van der Waals surface area (Å²) in [5.41, 5.74) is 3.62.